The Balaban J connectivity index is 1.40. The Morgan fingerprint density at radius 1 is 0.842 bits per heavy atom. The normalized spacial score (nSPS) is 10.7. The number of aromatic nitrogens is 3. The topological polar surface area (TPSA) is 78.3 Å². The molecule has 0 aliphatic heterocycles. The van der Waals surface area contributed by atoms with E-state index in [2.05, 4.69) is 15.4 Å². The fraction of sp³-hybridized carbons (Fsp3) is 0.0690. The highest BCUT2D eigenvalue weighted by atomic mass is 19.1. The molecule has 0 aliphatic carbocycles. The zero-order chi connectivity index (χ0) is 26.5. The molecular formula is C29H22F2N4O3. The number of carbonyl (C=O) groups is 1. The summed E-state index contributed by atoms with van der Waals surface area (Å²) in [5.74, 6) is 0.148. The number of halogens is 2. The summed E-state index contributed by atoms with van der Waals surface area (Å²) in [6.45, 7) is 0.167. The third kappa shape index (κ3) is 5.67. The van der Waals surface area contributed by atoms with E-state index in [0.29, 0.717) is 28.5 Å². The largest absolute Gasteiger partial charge is 0.497 e. The number of benzene rings is 4. The molecule has 0 spiro atoms. The van der Waals surface area contributed by atoms with Crippen molar-refractivity contribution in [1.82, 2.24) is 14.8 Å². The highest BCUT2D eigenvalue weighted by molar-refractivity contribution is 6.04. The Morgan fingerprint density at radius 2 is 1.47 bits per heavy atom. The smallest absolute Gasteiger partial charge is 0.336 e. The molecule has 0 saturated carbocycles. The summed E-state index contributed by atoms with van der Waals surface area (Å²) in [5, 5.41) is 7.32. The molecule has 7 nitrogen and oxygen atoms in total. The van der Waals surface area contributed by atoms with Crippen LogP contribution >= 0.6 is 0 Å². The van der Waals surface area contributed by atoms with Crippen LogP contribution in [-0.2, 0) is 6.61 Å². The molecule has 0 aliphatic rings. The molecule has 5 rings (SSSR count). The van der Waals surface area contributed by atoms with Gasteiger partial charge >= 0.3 is 6.01 Å². The number of anilines is 1. The average molecular weight is 513 g/mol. The van der Waals surface area contributed by atoms with Crippen LogP contribution in [0, 0.1) is 11.6 Å². The van der Waals surface area contributed by atoms with Crippen molar-refractivity contribution in [3.8, 4) is 28.8 Å². The summed E-state index contributed by atoms with van der Waals surface area (Å²) >= 11 is 0. The molecule has 5 aromatic rings. The third-order valence-corrected chi connectivity index (χ3v) is 5.69. The van der Waals surface area contributed by atoms with Crippen molar-refractivity contribution in [2.45, 2.75) is 6.61 Å². The molecule has 0 radical (unpaired) electrons. The minimum absolute atomic E-state index is 0.147. The summed E-state index contributed by atoms with van der Waals surface area (Å²) < 4.78 is 39.1. The van der Waals surface area contributed by atoms with Crippen molar-refractivity contribution in [3.05, 3.63) is 120 Å². The van der Waals surface area contributed by atoms with E-state index in [4.69, 9.17) is 9.47 Å². The van der Waals surface area contributed by atoms with E-state index in [0.717, 1.165) is 11.1 Å². The first-order valence-electron chi connectivity index (χ1n) is 11.6. The van der Waals surface area contributed by atoms with Crippen LogP contribution in [0.15, 0.2) is 97.1 Å². The Labute approximate surface area is 217 Å². The minimum Gasteiger partial charge on any atom is -0.497 e. The number of nitrogens with one attached hydrogen (secondary N) is 1. The van der Waals surface area contributed by atoms with Gasteiger partial charge < -0.3 is 14.8 Å². The van der Waals surface area contributed by atoms with E-state index in [1.54, 1.807) is 48.2 Å². The minimum atomic E-state index is -0.410. The van der Waals surface area contributed by atoms with Crippen molar-refractivity contribution in [2.75, 3.05) is 12.4 Å². The molecule has 1 N–H and O–H groups in total. The van der Waals surface area contributed by atoms with Crippen molar-refractivity contribution < 1.29 is 23.0 Å². The Kier molecular flexibility index (Phi) is 7.08. The molecule has 9 heteroatoms. The summed E-state index contributed by atoms with van der Waals surface area (Å²) in [5.41, 5.74) is 3.14. The Bertz CT molecular complexity index is 1530. The zero-order valence-corrected chi connectivity index (χ0v) is 20.3. The van der Waals surface area contributed by atoms with Crippen molar-refractivity contribution in [1.29, 1.82) is 0 Å². The fourth-order valence-electron chi connectivity index (χ4n) is 3.68. The van der Waals surface area contributed by atoms with E-state index < -0.39 is 5.82 Å². The molecular weight excluding hydrogens is 490 g/mol. The number of hydrogen-bond donors (Lipinski definition) is 1. The van der Waals surface area contributed by atoms with Crippen LogP contribution in [0.2, 0.25) is 0 Å². The van der Waals surface area contributed by atoms with Gasteiger partial charge in [-0.2, -0.15) is 4.98 Å². The first-order chi connectivity index (χ1) is 18.5. The van der Waals surface area contributed by atoms with Crippen LogP contribution in [0.25, 0.3) is 17.1 Å². The fourth-order valence-corrected chi connectivity index (χ4v) is 3.68. The van der Waals surface area contributed by atoms with Gasteiger partial charge in [0.05, 0.1) is 12.8 Å². The number of rotatable bonds is 8. The lowest BCUT2D eigenvalue weighted by Gasteiger charge is -2.09. The van der Waals surface area contributed by atoms with E-state index in [1.807, 2.05) is 24.3 Å². The number of ether oxygens (including phenoxy) is 2. The predicted molar refractivity (Wildman–Crippen MR) is 138 cm³/mol. The lowest BCUT2D eigenvalue weighted by Crippen LogP contribution is -2.11. The second-order valence-corrected chi connectivity index (χ2v) is 8.28. The summed E-state index contributed by atoms with van der Waals surface area (Å²) in [6.07, 6.45) is 0. The second-order valence-electron chi connectivity index (χ2n) is 8.28. The lowest BCUT2D eigenvalue weighted by molar-refractivity contribution is 0.102. The molecule has 0 fully saturated rings. The number of amides is 1. The molecule has 0 atom stereocenters. The molecule has 0 saturated heterocycles. The van der Waals surface area contributed by atoms with Gasteiger partial charge in [-0.25, -0.2) is 13.5 Å². The summed E-state index contributed by atoms with van der Waals surface area (Å²) in [6, 6.07) is 25.9. The van der Waals surface area contributed by atoms with Crippen LogP contribution in [0.1, 0.15) is 15.9 Å². The van der Waals surface area contributed by atoms with E-state index in [-0.39, 0.29) is 24.3 Å². The van der Waals surface area contributed by atoms with Crippen molar-refractivity contribution in [3.63, 3.8) is 0 Å². The highest BCUT2D eigenvalue weighted by Gasteiger charge is 2.16. The number of hydrogen-bond acceptors (Lipinski definition) is 5. The first-order valence-corrected chi connectivity index (χ1v) is 11.6. The summed E-state index contributed by atoms with van der Waals surface area (Å²) in [4.78, 5) is 17.1. The van der Waals surface area contributed by atoms with Gasteiger partial charge in [0.2, 0.25) is 0 Å². The molecule has 1 amide bonds. The Hall–Kier alpha value is -5.05. The highest BCUT2D eigenvalue weighted by Crippen LogP contribution is 2.26. The van der Waals surface area contributed by atoms with Gasteiger partial charge in [-0.1, -0.05) is 12.1 Å². The van der Waals surface area contributed by atoms with Crippen LogP contribution in [0.5, 0.6) is 11.8 Å². The average Bonchev–Trinajstić information content (AvgIpc) is 3.38. The number of nitrogens with zero attached hydrogens (tertiary/aromatic N) is 3. The molecule has 0 bridgehead atoms. The van der Waals surface area contributed by atoms with Crippen LogP contribution in [-0.4, -0.2) is 27.8 Å². The number of methoxy groups -OCH3 is 1. The molecule has 0 unspecified atom stereocenters. The van der Waals surface area contributed by atoms with Crippen molar-refractivity contribution in [2.24, 2.45) is 0 Å². The van der Waals surface area contributed by atoms with Crippen LogP contribution in [0.4, 0.5) is 14.5 Å². The standard InChI is InChI=1S/C29H22F2N4O3/c1-37-26-16-6-20(7-17-26)27-33-29(38-18-19-2-8-22(30)9-3-19)34-35(27)25-14-12-24(13-15-25)32-28(36)21-4-10-23(31)11-5-21/h2-17H,18H2,1H3,(H,32,36). The van der Waals surface area contributed by atoms with E-state index in [1.165, 1.54) is 36.4 Å². The van der Waals surface area contributed by atoms with Crippen molar-refractivity contribution >= 4 is 11.6 Å². The summed E-state index contributed by atoms with van der Waals surface area (Å²) in [7, 11) is 1.59. The maximum atomic E-state index is 13.2. The van der Waals surface area contributed by atoms with Gasteiger partial charge in [-0.05, 0) is 90.5 Å². The molecule has 1 heterocycles. The van der Waals surface area contributed by atoms with Gasteiger partial charge in [0.25, 0.3) is 5.91 Å². The van der Waals surface area contributed by atoms with Gasteiger partial charge in [0.15, 0.2) is 5.82 Å². The Morgan fingerprint density at radius 3 is 2.11 bits per heavy atom. The predicted octanol–water partition coefficient (Wildman–Crippen LogP) is 6.05. The van der Waals surface area contributed by atoms with Crippen LogP contribution in [0.3, 0.4) is 0 Å². The van der Waals surface area contributed by atoms with Gasteiger partial charge in [-0.15, -0.1) is 5.10 Å². The molecule has 1 aromatic heterocycles. The lowest BCUT2D eigenvalue weighted by atomic mass is 10.2. The van der Waals surface area contributed by atoms with Gasteiger partial charge in [-0.3, -0.25) is 4.79 Å². The van der Waals surface area contributed by atoms with Gasteiger partial charge in [0.1, 0.15) is 24.0 Å². The zero-order valence-electron chi connectivity index (χ0n) is 20.3. The van der Waals surface area contributed by atoms with Crippen LogP contribution < -0.4 is 14.8 Å². The van der Waals surface area contributed by atoms with E-state index >= 15 is 0 Å². The van der Waals surface area contributed by atoms with E-state index in [9.17, 15) is 13.6 Å². The molecule has 38 heavy (non-hydrogen) atoms. The maximum absolute atomic E-state index is 13.2. The maximum Gasteiger partial charge on any atom is 0.336 e. The van der Waals surface area contributed by atoms with Gasteiger partial charge in [0, 0.05) is 16.8 Å². The first kappa shape index (κ1) is 24.6. The second kappa shape index (κ2) is 10.9. The number of carbonyl (C=O) groups excluding carboxylic acids is 1. The quantitative estimate of drug-likeness (QED) is 0.274. The SMILES string of the molecule is COc1ccc(-c2nc(OCc3ccc(F)cc3)nn2-c2ccc(NC(=O)c3ccc(F)cc3)cc2)cc1. The molecule has 190 valence electrons. The monoisotopic (exact) mass is 512 g/mol. The third-order valence-electron chi connectivity index (χ3n) is 5.69. The molecule has 4 aromatic carbocycles.